The molecule has 8 heteroatoms. The first kappa shape index (κ1) is 21.8. The Balaban J connectivity index is 2.14. The van der Waals surface area contributed by atoms with Crippen molar-refractivity contribution in [3.63, 3.8) is 0 Å². The highest BCUT2D eigenvalue weighted by Crippen LogP contribution is 2.29. The summed E-state index contributed by atoms with van der Waals surface area (Å²) < 4.78 is 20.0. The Morgan fingerprint density at radius 3 is 2.57 bits per heavy atom. The van der Waals surface area contributed by atoms with E-state index in [0.29, 0.717) is 37.6 Å². The molecule has 30 heavy (non-hydrogen) atoms. The first-order chi connectivity index (χ1) is 14.1. The van der Waals surface area contributed by atoms with Gasteiger partial charge in [0, 0.05) is 11.5 Å². The van der Waals surface area contributed by atoms with E-state index in [0.717, 1.165) is 11.3 Å². The summed E-state index contributed by atoms with van der Waals surface area (Å²) in [5.74, 6) is -0.876. The molecule has 0 radical (unpaired) electrons. The fraction of sp³-hybridized carbons (Fsp3) is 0.364. The van der Waals surface area contributed by atoms with Crippen LogP contribution in [0.15, 0.2) is 23.0 Å². The van der Waals surface area contributed by atoms with Crippen LogP contribution in [0, 0.1) is 19.7 Å². The van der Waals surface area contributed by atoms with Crippen LogP contribution in [0.2, 0.25) is 0 Å². The van der Waals surface area contributed by atoms with Gasteiger partial charge in [-0.2, -0.15) is 0 Å². The van der Waals surface area contributed by atoms with Crippen molar-refractivity contribution in [1.82, 2.24) is 9.55 Å². The summed E-state index contributed by atoms with van der Waals surface area (Å²) in [6.45, 7) is 8.74. The standard InChI is InChI=1S/C22H23FN2O4S/c1-6-29-22(28)18-13(5)17-20(30-18)24-19(11(2)3)25(21(17)27)10-16(26)14-7-8-15(23)12(4)9-14/h7-9,11H,6,10H2,1-5H3. The molecule has 0 saturated carbocycles. The second-order valence-corrected chi connectivity index (χ2v) is 8.36. The maximum absolute atomic E-state index is 13.6. The summed E-state index contributed by atoms with van der Waals surface area (Å²) in [4.78, 5) is 43.8. The minimum Gasteiger partial charge on any atom is -0.462 e. The molecule has 158 valence electrons. The van der Waals surface area contributed by atoms with Gasteiger partial charge in [-0.15, -0.1) is 11.3 Å². The van der Waals surface area contributed by atoms with Gasteiger partial charge in [0.05, 0.1) is 18.5 Å². The van der Waals surface area contributed by atoms with E-state index >= 15 is 0 Å². The average Bonchev–Trinajstić information content (AvgIpc) is 3.02. The lowest BCUT2D eigenvalue weighted by Gasteiger charge is -2.14. The fourth-order valence-electron chi connectivity index (χ4n) is 3.27. The normalized spacial score (nSPS) is 11.3. The van der Waals surface area contributed by atoms with Gasteiger partial charge in [0.1, 0.15) is 21.3 Å². The molecule has 3 rings (SSSR count). The van der Waals surface area contributed by atoms with Crippen molar-refractivity contribution in [1.29, 1.82) is 0 Å². The van der Waals surface area contributed by atoms with Crippen LogP contribution in [0.25, 0.3) is 10.2 Å². The molecule has 0 saturated heterocycles. The molecule has 0 aliphatic carbocycles. The number of hydrogen-bond donors (Lipinski definition) is 0. The van der Waals surface area contributed by atoms with Crippen molar-refractivity contribution >= 4 is 33.3 Å². The summed E-state index contributed by atoms with van der Waals surface area (Å²) >= 11 is 1.12. The Labute approximate surface area is 177 Å². The number of rotatable bonds is 6. The van der Waals surface area contributed by atoms with Gasteiger partial charge in [0.2, 0.25) is 0 Å². The van der Waals surface area contributed by atoms with Crippen molar-refractivity contribution in [2.24, 2.45) is 0 Å². The second-order valence-electron chi connectivity index (χ2n) is 7.36. The van der Waals surface area contributed by atoms with E-state index in [1.54, 1.807) is 20.8 Å². The van der Waals surface area contributed by atoms with Crippen LogP contribution in [0.5, 0.6) is 0 Å². The number of ketones is 1. The highest BCUT2D eigenvalue weighted by molar-refractivity contribution is 7.20. The van der Waals surface area contributed by atoms with Gasteiger partial charge >= 0.3 is 5.97 Å². The van der Waals surface area contributed by atoms with Gasteiger partial charge in [-0.1, -0.05) is 13.8 Å². The minimum absolute atomic E-state index is 0.127. The number of aromatic nitrogens is 2. The van der Waals surface area contributed by atoms with E-state index in [-0.39, 0.29) is 30.4 Å². The number of ether oxygens (including phenoxy) is 1. The van der Waals surface area contributed by atoms with Crippen LogP contribution in [0.3, 0.4) is 0 Å². The highest BCUT2D eigenvalue weighted by Gasteiger charge is 2.24. The number of esters is 1. The van der Waals surface area contributed by atoms with Crippen LogP contribution in [-0.2, 0) is 11.3 Å². The van der Waals surface area contributed by atoms with Crippen molar-refractivity contribution in [2.45, 2.75) is 47.1 Å². The first-order valence-electron chi connectivity index (χ1n) is 9.66. The molecule has 1 aromatic carbocycles. The lowest BCUT2D eigenvalue weighted by Crippen LogP contribution is -2.29. The zero-order chi connectivity index (χ0) is 22.2. The quantitative estimate of drug-likeness (QED) is 0.428. The topological polar surface area (TPSA) is 78.3 Å². The van der Waals surface area contributed by atoms with Gasteiger partial charge < -0.3 is 4.74 Å². The lowest BCUT2D eigenvalue weighted by molar-refractivity contribution is 0.0531. The Hall–Kier alpha value is -2.87. The molecule has 0 fully saturated rings. The number of benzene rings is 1. The van der Waals surface area contributed by atoms with Crippen LogP contribution >= 0.6 is 11.3 Å². The molecule has 0 bridgehead atoms. The molecule has 0 aliphatic rings. The SMILES string of the molecule is CCOC(=O)c1sc2nc(C(C)C)n(CC(=O)c3ccc(F)c(C)c3)c(=O)c2c1C. The molecule has 6 nitrogen and oxygen atoms in total. The Morgan fingerprint density at radius 1 is 1.27 bits per heavy atom. The van der Waals surface area contributed by atoms with E-state index in [1.807, 2.05) is 13.8 Å². The van der Waals surface area contributed by atoms with Crippen molar-refractivity contribution in [2.75, 3.05) is 6.61 Å². The predicted molar refractivity (Wildman–Crippen MR) is 114 cm³/mol. The fourth-order valence-corrected chi connectivity index (χ4v) is 4.34. The molecule has 2 aromatic heterocycles. The number of nitrogens with zero attached hydrogens (tertiary/aromatic N) is 2. The first-order valence-corrected chi connectivity index (χ1v) is 10.5. The maximum Gasteiger partial charge on any atom is 0.348 e. The molecule has 0 amide bonds. The van der Waals surface area contributed by atoms with Crippen molar-refractivity contribution in [3.05, 3.63) is 61.8 Å². The Bertz CT molecular complexity index is 1210. The second kappa shape index (κ2) is 8.47. The minimum atomic E-state index is -0.493. The van der Waals surface area contributed by atoms with Crippen LogP contribution < -0.4 is 5.56 Å². The highest BCUT2D eigenvalue weighted by atomic mass is 32.1. The van der Waals surface area contributed by atoms with Gasteiger partial charge in [-0.05, 0) is 50.1 Å². The van der Waals surface area contributed by atoms with Gasteiger partial charge in [-0.3, -0.25) is 14.2 Å². The zero-order valence-electron chi connectivity index (χ0n) is 17.5. The average molecular weight is 431 g/mol. The predicted octanol–water partition coefficient (Wildman–Crippen LogP) is 4.40. The summed E-state index contributed by atoms with van der Waals surface area (Å²) in [7, 11) is 0. The molecule has 0 atom stereocenters. The number of hydrogen-bond acceptors (Lipinski definition) is 6. The summed E-state index contributed by atoms with van der Waals surface area (Å²) in [5, 5.41) is 0.315. The third kappa shape index (κ3) is 3.92. The van der Waals surface area contributed by atoms with Crippen molar-refractivity contribution < 1.29 is 18.7 Å². The number of halogens is 1. The number of thiophene rings is 1. The lowest BCUT2D eigenvalue weighted by atomic mass is 10.1. The number of Topliss-reactive ketones (excluding diaryl/α,β-unsaturated/α-hetero) is 1. The van der Waals surface area contributed by atoms with E-state index < -0.39 is 11.8 Å². The number of fused-ring (bicyclic) bond motifs is 1. The smallest absolute Gasteiger partial charge is 0.348 e. The Morgan fingerprint density at radius 2 is 1.97 bits per heavy atom. The number of carbonyl (C=O) groups excluding carboxylic acids is 2. The van der Waals surface area contributed by atoms with E-state index in [9.17, 15) is 18.8 Å². The van der Waals surface area contributed by atoms with E-state index in [1.165, 1.54) is 22.8 Å². The molecule has 2 heterocycles. The van der Waals surface area contributed by atoms with Crippen molar-refractivity contribution in [3.8, 4) is 0 Å². The van der Waals surface area contributed by atoms with E-state index in [4.69, 9.17) is 4.74 Å². The molecule has 0 unspecified atom stereocenters. The van der Waals surface area contributed by atoms with Crippen LogP contribution in [0.1, 0.15) is 63.7 Å². The molecule has 3 aromatic rings. The Kier molecular flexibility index (Phi) is 6.17. The summed E-state index contributed by atoms with van der Waals surface area (Å²) in [6.07, 6.45) is 0. The van der Waals surface area contributed by atoms with Crippen LogP contribution in [-0.4, -0.2) is 27.9 Å². The molecule has 0 aliphatic heterocycles. The van der Waals surface area contributed by atoms with Gasteiger partial charge in [0.15, 0.2) is 5.78 Å². The third-order valence-electron chi connectivity index (χ3n) is 4.84. The summed E-state index contributed by atoms with van der Waals surface area (Å²) in [5.41, 5.74) is 0.809. The molecule has 0 N–H and O–H groups in total. The molecular formula is C22H23FN2O4S. The zero-order valence-corrected chi connectivity index (χ0v) is 18.4. The molecule has 0 spiro atoms. The summed E-state index contributed by atoms with van der Waals surface area (Å²) in [6, 6.07) is 4.12. The van der Waals surface area contributed by atoms with Crippen LogP contribution in [0.4, 0.5) is 4.39 Å². The number of aryl methyl sites for hydroxylation is 2. The van der Waals surface area contributed by atoms with Gasteiger partial charge in [-0.25, -0.2) is 14.2 Å². The molecular weight excluding hydrogens is 407 g/mol. The number of carbonyl (C=O) groups is 2. The third-order valence-corrected chi connectivity index (χ3v) is 6.00. The maximum atomic E-state index is 13.6. The van der Waals surface area contributed by atoms with Gasteiger partial charge in [0.25, 0.3) is 5.56 Å². The van der Waals surface area contributed by atoms with E-state index in [2.05, 4.69) is 4.98 Å². The largest absolute Gasteiger partial charge is 0.462 e. The monoisotopic (exact) mass is 430 g/mol.